The molecule has 1 unspecified atom stereocenters. The zero-order valence-electron chi connectivity index (χ0n) is 10.4. The van der Waals surface area contributed by atoms with Crippen LogP contribution >= 0.6 is 0 Å². The van der Waals surface area contributed by atoms with E-state index in [0.717, 1.165) is 17.2 Å². The monoisotopic (exact) mass is 243 g/mol. The predicted octanol–water partition coefficient (Wildman–Crippen LogP) is 2.74. The third-order valence-corrected chi connectivity index (χ3v) is 3.04. The van der Waals surface area contributed by atoms with Gasteiger partial charge in [-0.3, -0.25) is 4.99 Å². The number of fused-ring (bicyclic) bond motifs is 1. The van der Waals surface area contributed by atoms with E-state index in [1.807, 2.05) is 37.3 Å². The Hall–Kier alpha value is -1.87. The molecule has 0 bridgehead atoms. The van der Waals surface area contributed by atoms with Crippen molar-refractivity contribution in [2.45, 2.75) is 19.4 Å². The number of hydrogen-bond donors (Lipinski definition) is 2. The Morgan fingerprint density at radius 3 is 2.72 bits per heavy atom. The average molecular weight is 243 g/mol. The highest BCUT2D eigenvalue weighted by molar-refractivity contribution is 6.02. The van der Waals surface area contributed by atoms with Crippen molar-refractivity contribution >= 4 is 17.0 Å². The van der Waals surface area contributed by atoms with Gasteiger partial charge in [-0.15, -0.1) is 0 Å². The molecule has 3 heteroatoms. The topological polar surface area (TPSA) is 52.8 Å². The van der Waals surface area contributed by atoms with Crippen LogP contribution in [0.15, 0.2) is 41.4 Å². The van der Waals surface area contributed by atoms with Gasteiger partial charge in [0.15, 0.2) is 0 Å². The third kappa shape index (κ3) is 2.51. The van der Waals surface area contributed by atoms with E-state index in [0.29, 0.717) is 5.56 Å². The molecule has 0 amide bonds. The van der Waals surface area contributed by atoms with Crippen LogP contribution in [0.3, 0.4) is 0 Å². The van der Waals surface area contributed by atoms with Crippen molar-refractivity contribution in [2.24, 2.45) is 4.99 Å². The van der Waals surface area contributed by atoms with Gasteiger partial charge in [0.1, 0.15) is 5.75 Å². The molecule has 0 aromatic heterocycles. The lowest BCUT2D eigenvalue weighted by Crippen LogP contribution is -2.08. The Morgan fingerprint density at radius 2 is 2.00 bits per heavy atom. The molecule has 94 valence electrons. The molecule has 0 radical (unpaired) electrons. The van der Waals surface area contributed by atoms with Crippen LogP contribution in [0, 0.1) is 0 Å². The lowest BCUT2D eigenvalue weighted by molar-refractivity contribution is 0.264. The minimum atomic E-state index is -0.108. The maximum Gasteiger partial charge on any atom is 0.124 e. The fourth-order valence-corrected chi connectivity index (χ4v) is 1.88. The second kappa shape index (κ2) is 5.65. The van der Waals surface area contributed by atoms with Gasteiger partial charge >= 0.3 is 0 Å². The van der Waals surface area contributed by atoms with E-state index < -0.39 is 0 Å². The molecular formula is C15H17NO2. The number of phenols is 1. The third-order valence-electron chi connectivity index (χ3n) is 3.04. The number of aliphatic hydroxyl groups is 1. The van der Waals surface area contributed by atoms with Crippen LogP contribution in [0.25, 0.3) is 10.8 Å². The number of rotatable bonds is 4. The molecule has 0 spiro atoms. The van der Waals surface area contributed by atoms with E-state index in [9.17, 15) is 5.11 Å². The highest BCUT2D eigenvalue weighted by atomic mass is 16.3. The standard InChI is InChI=1S/C15H17NO2/c1-2-12(10-17)16-9-14-13-6-4-3-5-11(13)7-8-15(14)18/h3-9,12,17-18H,2,10H2,1H3. The van der Waals surface area contributed by atoms with Gasteiger partial charge in [-0.25, -0.2) is 0 Å². The van der Waals surface area contributed by atoms with Crippen molar-refractivity contribution in [3.05, 3.63) is 42.0 Å². The molecule has 0 aliphatic heterocycles. The quantitative estimate of drug-likeness (QED) is 0.811. The van der Waals surface area contributed by atoms with Crippen LogP contribution in [0.4, 0.5) is 0 Å². The van der Waals surface area contributed by atoms with Crippen LogP contribution in [-0.4, -0.2) is 29.1 Å². The molecule has 1 atom stereocenters. The van der Waals surface area contributed by atoms with E-state index in [1.165, 1.54) is 0 Å². The van der Waals surface area contributed by atoms with Gasteiger partial charge in [0.2, 0.25) is 0 Å². The summed E-state index contributed by atoms with van der Waals surface area (Å²) in [7, 11) is 0. The van der Waals surface area contributed by atoms with Crippen molar-refractivity contribution in [3.63, 3.8) is 0 Å². The predicted molar refractivity (Wildman–Crippen MR) is 74.4 cm³/mol. The first-order valence-corrected chi connectivity index (χ1v) is 6.11. The number of aliphatic imine (C=N–C) groups is 1. The lowest BCUT2D eigenvalue weighted by Gasteiger charge is -2.07. The first-order valence-electron chi connectivity index (χ1n) is 6.11. The maximum atomic E-state index is 9.91. The van der Waals surface area contributed by atoms with Gasteiger partial charge in [0.25, 0.3) is 0 Å². The summed E-state index contributed by atoms with van der Waals surface area (Å²) in [5.41, 5.74) is 0.708. The number of hydrogen-bond acceptors (Lipinski definition) is 3. The molecule has 2 rings (SSSR count). The average Bonchev–Trinajstić information content (AvgIpc) is 2.42. The molecule has 0 aliphatic carbocycles. The molecule has 0 fully saturated rings. The number of benzene rings is 2. The molecule has 0 aliphatic rings. The molecular weight excluding hydrogens is 226 g/mol. The summed E-state index contributed by atoms with van der Waals surface area (Å²) in [5.74, 6) is 0.213. The second-order valence-electron chi connectivity index (χ2n) is 4.24. The van der Waals surface area contributed by atoms with Crippen LogP contribution in [0.1, 0.15) is 18.9 Å². The minimum absolute atomic E-state index is 0.0263. The van der Waals surface area contributed by atoms with Gasteiger partial charge in [-0.05, 0) is 23.3 Å². The summed E-state index contributed by atoms with van der Waals surface area (Å²) in [5, 5.41) is 21.1. The van der Waals surface area contributed by atoms with Crippen LogP contribution < -0.4 is 0 Å². The summed E-state index contributed by atoms with van der Waals surface area (Å²) >= 11 is 0. The van der Waals surface area contributed by atoms with Crippen LogP contribution in [-0.2, 0) is 0 Å². The van der Waals surface area contributed by atoms with E-state index in [4.69, 9.17) is 5.11 Å². The number of aliphatic hydroxyl groups excluding tert-OH is 1. The molecule has 0 heterocycles. The molecule has 2 N–H and O–H groups in total. The molecule has 0 saturated heterocycles. The fraction of sp³-hybridized carbons (Fsp3) is 0.267. The zero-order chi connectivity index (χ0) is 13.0. The largest absolute Gasteiger partial charge is 0.507 e. The summed E-state index contributed by atoms with van der Waals surface area (Å²) < 4.78 is 0. The van der Waals surface area contributed by atoms with Gasteiger partial charge in [0.05, 0.1) is 12.6 Å². The first-order chi connectivity index (χ1) is 8.76. The molecule has 18 heavy (non-hydrogen) atoms. The van der Waals surface area contributed by atoms with Crippen LogP contribution in [0.2, 0.25) is 0 Å². The SMILES string of the molecule is CCC(CO)N=Cc1c(O)ccc2ccccc12. The highest BCUT2D eigenvalue weighted by Crippen LogP contribution is 2.25. The van der Waals surface area contributed by atoms with E-state index in [2.05, 4.69) is 4.99 Å². The highest BCUT2D eigenvalue weighted by Gasteiger charge is 2.05. The summed E-state index contributed by atoms with van der Waals surface area (Å²) in [4.78, 5) is 4.31. The van der Waals surface area contributed by atoms with Gasteiger partial charge in [-0.2, -0.15) is 0 Å². The summed E-state index contributed by atoms with van der Waals surface area (Å²) in [6, 6.07) is 11.3. The number of phenolic OH excluding ortho intramolecular Hbond substituents is 1. The number of nitrogens with zero attached hydrogens (tertiary/aromatic N) is 1. The Balaban J connectivity index is 2.46. The van der Waals surface area contributed by atoms with Gasteiger partial charge in [-0.1, -0.05) is 37.3 Å². The smallest absolute Gasteiger partial charge is 0.124 e. The van der Waals surface area contributed by atoms with E-state index in [1.54, 1.807) is 12.3 Å². The van der Waals surface area contributed by atoms with Crippen molar-refractivity contribution < 1.29 is 10.2 Å². The molecule has 0 saturated carbocycles. The Kier molecular flexibility index (Phi) is 3.95. The number of aromatic hydroxyl groups is 1. The van der Waals surface area contributed by atoms with Crippen molar-refractivity contribution in [1.29, 1.82) is 0 Å². The minimum Gasteiger partial charge on any atom is -0.507 e. The van der Waals surface area contributed by atoms with E-state index in [-0.39, 0.29) is 18.4 Å². The van der Waals surface area contributed by atoms with Gasteiger partial charge in [0, 0.05) is 11.8 Å². The van der Waals surface area contributed by atoms with Crippen molar-refractivity contribution in [3.8, 4) is 5.75 Å². The van der Waals surface area contributed by atoms with Crippen LogP contribution in [0.5, 0.6) is 5.75 Å². The molecule has 3 nitrogen and oxygen atoms in total. The Labute approximate surface area is 106 Å². The zero-order valence-corrected chi connectivity index (χ0v) is 10.4. The normalized spacial score (nSPS) is 13.2. The Morgan fingerprint density at radius 1 is 1.22 bits per heavy atom. The fourth-order valence-electron chi connectivity index (χ4n) is 1.88. The Bertz CT molecular complexity index is 559. The second-order valence-corrected chi connectivity index (χ2v) is 4.24. The molecule has 2 aromatic carbocycles. The maximum absolute atomic E-state index is 9.91. The summed E-state index contributed by atoms with van der Waals surface area (Å²) in [6.45, 7) is 2.00. The first kappa shape index (κ1) is 12.6. The van der Waals surface area contributed by atoms with Gasteiger partial charge < -0.3 is 10.2 Å². The van der Waals surface area contributed by atoms with E-state index >= 15 is 0 Å². The van der Waals surface area contributed by atoms with Crippen molar-refractivity contribution in [2.75, 3.05) is 6.61 Å². The summed E-state index contributed by atoms with van der Waals surface area (Å²) in [6.07, 6.45) is 2.43. The lowest BCUT2D eigenvalue weighted by atomic mass is 10.0. The molecule has 2 aromatic rings. The van der Waals surface area contributed by atoms with Crippen molar-refractivity contribution in [1.82, 2.24) is 0 Å².